The molecular formula is C19H21NO2S2. The number of thiophene rings is 1. The minimum absolute atomic E-state index is 0.0173. The molecule has 0 spiro atoms. The van der Waals surface area contributed by atoms with Crippen LogP contribution in [0, 0.1) is 6.92 Å². The first-order valence-electron chi connectivity index (χ1n) is 7.93. The summed E-state index contributed by atoms with van der Waals surface area (Å²) in [6.45, 7) is 3.88. The summed E-state index contributed by atoms with van der Waals surface area (Å²) in [6, 6.07) is 15.7. The molecule has 1 unspecified atom stereocenters. The van der Waals surface area contributed by atoms with Crippen molar-refractivity contribution in [3.05, 3.63) is 70.6 Å². The summed E-state index contributed by atoms with van der Waals surface area (Å²) in [4.78, 5) is 0. The second kappa shape index (κ2) is 7.05. The van der Waals surface area contributed by atoms with E-state index in [9.17, 15) is 8.42 Å². The van der Waals surface area contributed by atoms with E-state index in [1.54, 1.807) is 11.3 Å². The van der Waals surface area contributed by atoms with Gasteiger partial charge in [0.1, 0.15) is 0 Å². The van der Waals surface area contributed by atoms with Crippen LogP contribution < -0.4 is 4.72 Å². The van der Waals surface area contributed by atoms with E-state index in [2.05, 4.69) is 22.2 Å². The minimum Gasteiger partial charge on any atom is -0.212 e. The van der Waals surface area contributed by atoms with Crippen LogP contribution in [0.3, 0.4) is 0 Å². The Morgan fingerprint density at radius 2 is 1.92 bits per heavy atom. The van der Waals surface area contributed by atoms with Crippen LogP contribution in [0.4, 0.5) is 0 Å². The Morgan fingerprint density at radius 1 is 1.12 bits per heavy atom. The van der Waals surface area contributed by atoms with Gasteiger partial charge in [-0.2, -0.15) is 0 Å². The molecule has 24 heavy (non-hydrogen) atoms. The zero-order valence-electron chi connectivity index (χ0n) is 13.8. The molecule has 0 amide bonds. The highest BCUT2D eigenvalue weighted by Gasteiger charge is 2.17. The van der Waals surface area contributed by atoms with E-state index in [0.29, 0.717) is 6.42 Å². The van der Waals surface area contributed by atoms with Crippen molar-refractivity contribution in [1.82, 2.24) is 4.72 Å². The second-order valence-electron chi connectivity index (χ2n) is 6.23. The molecule has 126 valence electrons. The van der Waals surface area contributed by atoms with Crippen molar-refractivity contribution in [3.63, 3.8) is 0 Å². The molecule has 0 saturated carbocycles. The van der Waals surface area contributed by atoms with Crippen molar-refractivity contribution in [2.24, 2.45) is 0 Å². The van der Waals surface area contributed by atoms with Crippen LogP contribution in [0.5, 0.6) is 0 Å². The van der Waals surface area contributed by atoms with E-state index in [0.717, 1.165) is 11.1 Å². The lowest BCUT2D eigenvalue weighted by atomic mass is 10.1. The average Bonchev–Trinajstić information content (AvgIpc) is 2.89. The summed E-state index contributed by atoms with van der Waals surface area (Å²) in [5.41, 5.74) is 3.08. The zero-order valence-corrected chi connectivity index (χ0v) is 15.5. The maximum atomic E-state index is 12.4. The molecule has 1 aromatic heterocycles. The summed E-state index contributed by atoms with van der Waals surface area (Å²) in [5.74, 6) is 0.0173. The summed E-state index contributed by atoms with van der Waals surface area (Å²) >= 11 is 1.70. The number of hydrogen-bond acceptors (Lipinski definition) is 3. The van der Waals surface area contributed by atoms with Crippen LogP contribution >= 0.6 is 11.3 Å². The van der Waals surface area contributed by atoms with Gasteiger partial charge in [-0.25, -0.2) is 13.1 Å². The molecule has 0 radical (unpaired) electrons. The smallest absolute Gasteiger partial charge is 0.212 e. The Morgan fingerprint density at radius 3 is 2.71 bits per heavy atom. The molecule has 5 heteroatoms. The van der Waals surface area contributed by atoms with E-state index in [1.165, 1.54) is 15.6 Å². The summed E-state index contributed by atoms with van der Waals surface area (Å²) in [5, 5.41) is 3.34. The number of fused-ring (bicyclic) bond motifs is 1. The quantitative estimate of drug-likeness (QED) is 0.715. The maximum absolute atomic E-state index is 12.4. The largest absolute Gasteiger partial charge is 0.216 e. The molecule has 2 aromatic carbocycles. The molecular weight excluding hydrogens is 338 g/mol. The summed E-state index contributed by atoms with van der Waals surface area (Å²) in [7, 11) is -3.35. The number of aryl methyl sites for hydroxylation is 1. The first-order chi connectivity index (χ1) is 11.4. The Kier molecular flexibility index (Phi) is 5.04. The Bertz CT molecular complexity index is 945. The lowest BCUT2D eigenvalue weighted by molar-refractivity contribution is 0.559. The van der Waals surface area contributed by atoms with Crippen molar-refractivity contribution in [3.8, 4) is 0 Å². The van der Waals surface area contributed by atoms with Gasteiger partial charge in [0.05, 0.1) is 5.75 Å². The van der Waals surface area contributed by atoms with E-state index < -0.39 is 10.0 Å². The molecule has 0 aliphatic heterocycles. The van der Waals surface area contributed by atoms with Gasteiger partial charge in [-0.1, -0.05) is 48.0 Å². The molecule has 3 rings (SSSR count). The molecule has 1 atom stereocenters. The van der Waals surface area contributed by atoms with Gasteiger partial charge in [-0.3, -0.25) is 0 Å². The average molecular weight is 360 g/mol. The predicted octanol–water partition coefficient (Wildman–Crippen LogP) is 4.26. The van der Waals surface area contributed by atoms with Crippen LogP contribution in [0.15, 0.2) is 53.9 Å². The van der Waals surface area contributed by atoms with Crippen molar-refractivity contribution >= 4 is 31.4 Å². The van der Waals surface area contributed by atoms with Gasteiger partial charge in [0.15, 0.2) is 0 Å². The number of rotatable bonds is 6. The molecule has 0 aliphatic rings. The minimum atomic E-state index is -3.35. The monoisotopic (exact) mass is 359 g/mol. The zero-order chi connectivity index (χ0) is 17.2. The maximum Gasteiger partial charge on any atom is 0.216 e. The topological polar surface area (TPSA) is 46.2 Å². The number of hydrogen-bond donors (Lipinski definition) is 1. The molecule has 1 N–H and O–H groups in total. The lowest BCUT2D eigenvalue weighted by Gasteiger charge is -2.14. The summed E-state index contributed by atoms with van der Waals surface area (Å²) < 4.78 is 28.9. The van der Waals surface area contributed by atoms with Gasteiger partial charge in [0.25, 0.3) is 0 Å². The highest BCUT2D eigenvalue weighted by Crippen LogP contribution is 2.26. The third-order valence-corrected chi connectivity index (χ3v) is 6.39. The van der Waals surface area contributed by atoms with Crippen molar-refractivity contribution < 1.29 is 8.42 Å². The SMILES string of the molecule is Cc1cccc(CS(=O)(=O)NC(C)Cc2csc3ccccc23)c1. The van der Waals surface area contributed by atoms with Crippen molar-refractivity contribution in [2.75, 3.05) is 0 Å². The van der Waals surface area contributed by atoms with Gasteiger partial charge < -0.3 is 0 Å². The fourth-order valence-electron chi connectivity index (χ4n) is 2.93. The first kappa shape index (κ1) is 17.1. The molecule has 3 nitrogen and oxygen atoms in total. The normalized spacial score (nSPS) is 13.2. The van der Waals surface area contributed by atoms with Gasteiger partial charge in [-0.05, 0) is 48.2 Å². The van der Waals surface area contributed by atoms with Crippen LogP contribution in [0.1, 0.15) is 23.6 Å². The van der Waals surface area contributed by atoms with E-state index >= 15 is 0 Å². The van der Waals surface area contributed by atoms with Crippen LogP contribution in [-0.2, 0) is 22.2 Å². The highest BCUT2D eigenvalue weighted by atomic mass is 32.2. The van der Waals surface area contributed by atoms with Crippen LogP contribution in [0.2, 0.25) is 0 Å². The van der Waals surface area contributed by atoms with Gasteiger partial charge in [-0.15, -0.1) is 11.3 Å². The van der Waals surface area contributed by atoms with Gasteiger partial charge in [0, 0.05) is 10.7 Å². The highest BCUT2D eigenvalue weighted by molar-refractivity contribution is 7.88. The Balaban J connectivity index is 1.68. The lowest BCUT2D eigenvalue weighted by Crippen LogP contribution is -2.34. The van der Waals surface area contributed by atoms with E-state index in [4.69, 9.17) is 0 Å². The number of nitrogens with one attached hydrogen (secondary N) is 1. The first-order valence-corrected chi connectivity index (χ1v) is 10.5. The summed E-state index contributed by atoms with van der Waals surface area (Å²) in [6.07, 6.45) is 0.692. The Hall–Kier alpha value is -1.69. The Labute approximate surface area is 147 Å². The molecule has 3 aromatic rings. The van der Waals surface area contributed by atoms with Crippen molar-refractivity contribution in [2.45, 2.75) is 32.1 Å². The molecule has 0 saturated heterocycles. The molecule has 0 aliphatic carbocycles. The number of benzene rings is 2. The van der Waals surface area contributed by atoms with Gasteiger partial charge >= 0.3 is 0 Å². The van der Waals surface area contributed by atoms with Crippen molar-refractivity contribution in [1.29, 1.82) is 0 Å². The van der Waals surface area contributed by atoms with E-state index in [-0.39, 0.29) is 11.8 Å². The fourth-order valence-corrected chi connectivity index (χ4v) is 5.31. The third kappa shape index (κ3) is 4.23. The van der Waals surface area contributed by atoms with E-state index in [1.807, 2.05) is 50.2 Å². The number of sulfonamides is 1. The van der Waals surface area contributed by atoms with Crippen LogP contribution in [0.25, 0.3) is 10.1 Å². The van der Waals surface area contributed by atoms with Gasteiger partial charge in [0.2, 0.25) is 10.0 Å². The predicted molar refractivity (Wildman–Crippen MR) is 102 cm³/mol. The third-order valence-electron chi connectivity index (χ3n) is 3.91. The molecule has 0 fully saturated rings. The standard InChI is InChI=1S/C19H21NO2S2/c1-14-6-5-7-16(10-14)13-24(21,22)20-15(2)11-17-12-23-19-9-4-3-8-18(17)19/h3-10,12,15,20H,11,13H2,1-2H3. The molecule has 1 heterocycles. The molecule has 0 bridgehead atoms. The second-order valence-corrected chi connectivity index (χ2v) is 8.89. The fraction of sp³-hybridized carbons (Fsp3) is 0.263. The van der Waals surface area contributed by atoms with Crippen LogP contribution in [-0.4, -0.2) is 14.5 Å².